The summed E-state index contributed by atoms with van der Waals surface area (Å²) in [4.78, 5) is 0. The summed E-state index contributed by atoms with van der Waals surface area (Å²) in [6.45, 7) is 0. The van der Waals surface area contributed by atoms with Crippen molar-refractivity contribution in [3.8, 4) is 5.75 Å². The summed E-state index contributed by atoms with van der Waals surface area (Å²) < 4.78 is 22.6. The van der Waals surface area contributed by atoms with Gasteiger partial charge in [-0.15, -0.1) is 0 Å². The topological polar surface area (TPSA) is 74.6 Å². The van der Waals surface area contributed by atoms with E-state index < -0.39 is 15.4 Å². The fourth-order valence-corrected chi connectivity index (χ4v) is 3.67. The number of phenolic OH excluding ortho intramolecular Hbond substituents is 1. The van der Waals surface area contributed by atoms with Crippen LogP contribution in [0.4, 0.5) is 0 Å². The first-order valence-electron chi connectivity index (χ1n) is 5.59. The number of sulfone groups is 1. The lowest BCUT2D eigenvalue weighted by atomic mass is 9.89. The van der Waals surface area contributed by atoms with E-state index in [0.717, 1.165) is 5.56 Å². The second-order valence-corrected chi connectivity index (χ2v) is 7.02. The Labute approximate surface area is 101 Å². The van der Waals surface area contributed by atoms with Gasteiger partial charge >= 0.3 is 0 Å². The van der Waals surface area contributed by atoms with Gasteiger partial charge in [-0.1, -0.05) is 12.1 Å². The Morgan fingerprint density at radius 3 is 2.18 bits per heavy atom. The first-order chi connectivity index (χ1) is 7.89. The Morgan fingerprint density at radius 2 is 1.65 bits per heavy atom. The fourth-order valence-electron chi connectivity index (χ4n) is 2.09. The zero-order valence-electron chi connectivity index (χ0n) is 9.46. The maximum atomic E-state index is 11.3. The summed E-state index contributed by atoms with van der Waals surface area (Å²) in [5, 5.41) is 19.5. The molecule has 5 heteroatoms. The van der Waals surface area contributed by atoms with Gasteiger partial charge < -0.3 is 10.2 Å². The van der Waals surface area contributed by atoms with Crippen molar-refractivity contribution in [1.82, 2.24) is 0 Å². The van der Waals surface area contributed by atoms with Crippen LogP contribution in [0.3, 0.4) is 0 Å². The molecule has 1 aliphatic heterocycles. The third-order valence-electron chi connectivity index (χ3n) is 3.23. The van der Waals surface area contributed by atoms with E-state index in [9.17, 15) is 13.5 Å². The van der Waals surface area contributed by atoms with Crippen molar-refractivity contribution in [2.75, 3.05) is 11.5 Å². The molecule has 0 spiro atoms. The minimum absolute atomic E-state index is 0.0571. The number of hydrogen-bond donors (Lipinski definition) is 2. The van der Waals surface area contributed by atoms with Crippen LogP contribution in [0.5, 0.6) is 5.75 Å². The number of phenols is 1. The Hall–Kier alpha value is -1.07. The molecule has 0 amide bonds. The second kappa shape index (κ2) is 4.31. The van der Waals surface area contributed by atoms with E-state index in [4.69, 9.17) is 5.11 Å². The van der Waals surface area contributed by atoms with Gasteiger partial charge in [0.2, 0.25) is 0 Å². The van der Waals surface area contributed by atoms with E-state index in [1.807, 2.05) is 0 Å². The minimum atomic E-state index is -2.95. The zero-order chi connectivity index (χ0) is 12.5. The predicted molar refractivity (Wildman–Crippen MR) is 64.6 cm³/mol. The molecule has 2 N–H and O–H groups in total. The van der Waals surface area contributed by atoms with E-state index in [1.165, 1.54) is 0 Å². The van der Waals surface area contributed by atoms with Crippen molar-refractivity contribution in [2.45, 2.75) is 24.9 Å². The van der Waals surface area contributed by atoms with E-state index in [1.54, 1.807) is 24.3 Å². The molecule has 0 radical (unpaired) electrons. The van der Waals surface area contributed by atoms with E-state index in [0.29, 0.717) is 6.42 Å². The highest BCUT2D eigenvalue weighted by Gasteiger charge is 2.35. The summed E-state index contributed by atoms with van der Waals surface area (Å²) in [5.74, 6) is 0.301. The molecule has 0 aliphatic carbocycles. The summed E-state index contributed by atoms with van der Waals surface area (Å²) in [7, 11) is -2.95. The predicted octanol–water partition coefficient (Wildman–Crippen LogP) is 0.874. The van der Waals surface area contributed by atoms with Crippen LogP contribution in [0.25, 0.3) is 0 Å². The molecular formula is C12H16O4S. The average molecular weight is 256 g/mol. The lowest BCUT2D eigenvalue weighted by molar-refractivity contribution is 0.0306. The lowest BCUT2D eigenvalue weighted by Crippen LogP contribution is -2.40. The molecule has 1 aliphatic rings. The SMILES string of the molecule is O=S1(=O)CCC(O)(Cc2ccc(O)cc2)CC1. The van der Waals surface area contributed by atoms with E-state index in [2.05, 4.69) is 0 Å². The summed E-state index contributed by atoms with van der Waals surface area (Å²) in [6.07, 6.45) is 1.01. The third kappa shape index (κ3) is 3.20. The van der Waals surface area contributed by atoms with Crippen molar-refractivity contribution >= 4 is 9.84 Å². The molecule has 94 valence electrons. The number of aromatic hydroxyl groups is 1. The average Bonchev–Trinajstić information content (AvgIpc) is 2.27. The maximum Gasteiger partial charge on any atom is 0.150 e. The molecule has 2 rings (SSSR count). The Kier molecular flexibility index (Phi) is 3.14. The zero-order valence-corrected chi connectivity index (χ0v) is 10.3. The monoisotopic (exact) mass is 256 g/mol. The molecule has 1 aromatic rings. The molecule has 17 heavy (non-hydrogen) atoms. The maximum absolute atomic E-state index is 11.3. The van der Waals surface area contributed by atoms with Crippen LogP contribution in [0.15, 0.2) is 24.3 Å². The molecular weight excluding hydrogens is 240 g/mol. The van der Waals surface area contributed by atoms with Crippen molar-refractivity contribution in [3.63, 3.8) is 0 Å². The van der Waals surface area contributed by atoms with Crippen LogP contribution in [0.2, 0.25) is 0 Å². The Morgan fingerprint density at radius 1 is 1.12 bits per heavy atom. The van der Waals surface area contributed by atoms with Crippen LogP contribution >= 0.6 is 0 Å². The van der Waals surface area contributed by atoms with Gasteiger partial charge in [0.25, 0.3) is 0 Å². The largest absolute Gasteiger partial charge is 0.508 e. The van der Waals surface area contributed by atoms with Gasteiger partial charge in [-0.05, 0) is 30.5 Å². The van der Waals surface area contributed by atoms with Crippen molar-refractivity contribution in [1.29, 1.82) is 0 Å². The first-order valence-corrected chi connectivity index (χ1v) is 7.41. The van der Waals surface area contributed by atoms with Crippen LogP contribution in [-0.4, -0.2) is 35.7 Å². The van der Waals surface area contributed by atoms with Gasteiger partial charge in [0.1, 0.15) is 5.75 Å². The van der Waals surface area contributed by atoms with Crippen molar-refractivity contribution < 1.29 is 18.6 Å². The van der Waals surface area contributed by atoms with Crippen molar-refractivity contribution in [2.24, 2.45) is 0 Å². The molecule has 1 fully saturated rings. The highest BCUT2D eigenvalue weighted by Crippen LogP contribution is 2.27. The van der Waals surface area contributed by atoms with Crippen LogP contribution in [0, 0.1) is 0 Å². The number of hydrogen-bond acceptors (Lipinski definition) is 4. The lowest BCUT2D eigenvalue weighted by Gasteiger charge is -2.32. The van der Waals surface area contributed by atoms with Gasteiger partial charge in [-0.2, -0.15) is 0 Å². The molecule has 1 saturated heterocycles. The molecule has 0 aromatic heterocycles. The highest BCUT2D eigenvalue weighted by atomic mass is 32.2. The number of aliphatic hydroxyl groups is 1. The highest BCUT2D eigenvalue weighted by molar-refractivity contribution is 7.91. The molecule has 0 atom stereocenters. The van der Waals surface area contributed by atoms with Crippen LogP contribution in [-0.2, 0) is 16.3 Å². The van der Waals surface area contributed by atoms with Gasteiger partial charge in [0.05, 0.1) is 17.1 Å². The minimum Gasteiger partial charge on any atom is -0.508 e. The Balaban J connectivity index is 2.06. The van der Waals surface area contributed by atoms with Crippen LogP contribution in [0.1, 0.15) is 18.4 Å². The molecule has 0 saturated carbocycles. The summed E-state index contributed by atoms with van der Waals surface area (Å²) in [5.41, 5.74) is -0.0212. The van der Waals surface area contributed by atoms with E-state index in [-0.39, 0.29) is 30.1 Å². The van der Waals surface area contributed by atoms with Crippen LogP contribution < -0.4 is 0 Å². The number of benzene rings is 1. The summed E-state index contributed by atoms with van der Waals surface area (Å²) in [6, 6.07) is 6.63. The van der Waals surface area contributed by atoms with Crippen molar-refractivity contribution in [3.05, 3.63) is 29.8 Å². The Bertz CT molecular complexity index is 476. The van der Waals surface area contributed by atoms with Gasteiger partial charge in [-0.3, -0.25) is 0 Å². The third-order valence-corrected chi connectivity index (χ3v) is 4.88. The molecule has 4 nitrogen and oxygen atoms in total. The molecule has 1 aromatic carbocycles. The second-order valence-electron chi connectivity index (χ2n) is 4.72. The summed E-state index contributed by atoms with van der Waals surface area (Å²) >= 11 is 0. The van der Waals surface area contributed by atoms with Gasteiger partial charge in [0, 0.05) is 6.42 Å². The number of rotatable bonds is 2. The first kappa shape index (κ1) is 12.4. The molecule has 1 heterocycles. The quantitative estimate of drug-likeness (QED) is 0.823. The molecule has 0 unspecified atom stereocenters. The van der Waals surface area contributed by atoms with Gasteiger partial charge in [0.15, 0.2) is 9.84 Å². The molecule has 0 bridgehead atoms. The normalized spacial score (nSPS) is 22.2. The fraction of sp³-hybridized carbons (Fsp3) is 0.500. The standard InChI is InChI=1S/C12H16O4S/c13-11-3-1-10(2-4-11)9-12(14)5-7-17(15,16)8-6-12/h1-4,13-14H,5-9H2. The van der Waals surface area contributed by atoms with E-state index >= 15 is 0 Å². The smallest absolute Gasteiger partial charge is 0.150 e. The van der Waals surface area contributed by atoms with Gasteiger partial charge in [-0.25, -0.2) is 8.42 Å².